The minimum Gasteiger partial charge on any atom is -0.467 e. The Kier molecular flexibility index (Phi) is 6.17. The van der Waals surface area contributed by atoms with Gasteiger partial charge in [0.1, 0.15) is 17.5 Å². The zero-order valence-corrected chi connectivity index (χ0v) is 13.7. The molecule has 0 aliphatic rings. The molecule has 22 heavy (non-hydrogen) atoms. The fourth-order valence-electron chi connectivity index (χ4n) is 1.69. The molecule has 0 spiro atoms. The van der Waals surface area contributed by atoms with Gasteiger partial charge in [-0.25, -0.2) is 14.0 Å². The molecule has 0 saturated carbocycles. The Bertz CT molecular complexity index is 557. The number of methoxy groups -OCH3 is 1. The summed E-state index contributed by atoms with van der Waals surface area (Å²) < 4.78 is 23.2. The van der Waals surface area contributed by atoms with E-state index in [4.69, 9.17) is 16.3 Å². The second kappa shape index (κ2) is 7.45. The van der Waals surface area contributed by atoms with Gasteiger partial charge in [0.15, 0.2) is 0 Å². The predicted octanol–water partition coefficient (Wildman–Crippen LogP) is 3.09. The predicted molar refractivity (Wildman–Crippen MR) is 80.3 cm³/mol. The number of alkyl carbamates (subject to hydrolysis) is 1. The van der Waals surface area contributed by atoms with Gasteiger partial charge in [-0.2, -0.15) is 0 Å². The number of rotatable bonds is 4. The topological polar surface area (TPSA) is 64.6 Å². The zero-order chi connectivity index (χ0) is 16.9. The SMILES string of the molecule is COC(=O)[C@@H](Cc1ccc(Cl)c(F)c1)NC(=O)OC(C)(C)C. The Morgan fingerprint density at radius 2 is 2.00 bits per heavy atom. The molecule has 0 radical (unpaired) electrons. The molecule has 0 heterocycles. The number of carbonyl (C=O) groups is 2. The molecule has 7 heteroatoms. The maximum absolute atomic E-state index is 13.4. The number of hydrogen-bond donors (Lipinski definition) is 1. The van der Waals surface area contributed by atoms with E-state index in [1.807, 2.05) is 0 Å². The lowest BCUT2D eigenvalue weighted by Gasteiger charge is -2.22. The largest absolute Gasteiger partial charge is 0.467 e. The van der Waals surface area contributed by atoms with Crippen LogP contribution < -0.4 is 5.32 Å². The molecule has 1 N–H and O–H groups in total. The van der Waals surface area contributed by atoms with Crippen molar-refractivity contribution < 1.29 is 23.5 Å². The van der Waals surface area contributed by atoms with Crippen LogP contribution in [0, 0.1) is 5.82 Å². The number of esters is 1. The molecular formula is C15H19ClFNO4. The number of nitrogens with one attached hydrogen (secondary N) is 1. The molecule has 0 unspecified atom stereocenters. The molecule has 0 fully saturated rings. The Balaban J connectivity index is 2.82. The first-order valence-corrected chi connectivity index (χ1v) is 7.01. The van der Waals surface area contributed by atoms with Crippen molar-refractivity contribution in [3.63, 3.8) is 0 Å². The minimum absolute atomic E-state index is 0.0153. The summed E-state index contributed by atoms with van der Waals surface area (Å²) in [6.45, 7) is 5.11. The lowest BCUT2D eigenvalue weighted by molar-refractivity contribution is -0.143. The summed E-state index contributed by atoms with van der Waals surface area (Å²) in [4.78, 5) is 23.5. The van der Waals surface area contributed by atoms with Crippen molar-refractivity contribution in [2.24, 2.45) is 0 Å². The first-order chi connectivity index (χ1) is 10.1. The number of benzene rings is 1. The van der Waals surface area contributed by atoms with Crippen molar-refractivity contribution in [2.45, 2.75) is 38.8 Å². The summed E-state index contributed by atoms with van der Waals surface area (Å²) in [6.07, 6.45) is -0.697. The third-order valence-corrected chi connectivity index (χ3v) is 2.91. The van der Waals surface area contributed by atoms with E-state index in [1.54, 1.807) is 26.8 Å². The average molecular weight is 332 g/mol. The van der Waals surface area contributed by atoms with E-state index in [2.05, 4.69) is 10.1 Å². The molecule has 1 amide bonds. The van der Waals surface area contributed by atoms with Gasteiger partial charge in [-0.05, 0) is 38.5 Å². The highest BCUT2D eigenvalue weighted by molar-refractivity contribution is 6.30. The lowest BCUT2D eigenvalue weighted by atomic mass is 10.1. The maximum Gasteiger partial charge on any atom is 0.408 e. The van der Waals surface area contributed by atoms with Crippen LogP contribution in [-0.2, 0) is 20.7 Å². The first-order valence-electron chi connectivity index (χ1n) is 6.63. The summed E-state index contributed by atoms with van der Waals surface area (Å²) in [6, 6.07) is 3.17. The lowest BCUT2D eigenvalue weighted by Crippen LogP contribution is -2.45. The highest BCUT2D eigenvalue weighted by atomic mass is 35.5. The van der Waals surface area contributed by atoms with Crippen LogP contribution in [0.15, 0.2) is 18.2 Å². The van der Waals surface area contributed by atoms with E-state index in [-0.39, 0.29) is 11.4 Å². The van der Waals surface area contributed by atoms with Gasteiger partial charge in [0.25, 0.3) is 0 Å². The Hall–Kier alpha value is -1.82. The van der Waals surface area contributed by atoms with Crippen molar-refractivity contribution >= 4 is 23.7 Å². The number of ether oxygens (including phenoxy) is 2. The van der Waals surface area contributed by atoms with Gasteiger partial charge in [-0.3, -0.25) is 0 Å². The molecule has 1 aromatic rings. The Morgan fingerprint density at radius 3 is 2.50 bits per heavy atom. The van der Waals surface area contributed by atoms with Crippen molar-refractivity contribution in [3.05, 3.63) is 34.6 Å². The molecule has 0 aliphatic heterocycles. The van der Waals surface area contributed by atoms with Gasteiger partial charge in [0.2, 0.25) is 0 Å². The molecule has 1 aromatic carbocycles. The third kappa shape index (κ3) is 5.89. The summed E-state index contributed by atoms with van der Waals surface area (Å²) in [5.41, 5.74) is -0.203. The van der Waals surface area contributed by atoms with Crippen LogP contribution in [0.25, 0.3) is 0 Å². The molecule has 0 aromatic heterocycles. The Morgan fingerprint density at radius 1 is 1.36 bits per heavy atom. The Labute approximate surface area is 133 Å². The van der Waals surface area contributed by atoms with Crippen LogP contribution in [0.1, 0.15) is 26.3 Å². The van der Waals surface area contributed by atoms with Crippen LogP contribution >= 0.6 is 11.6 Å². The van der Waals surface area contributed by atoms with Gasteiger partial charge < -0.3 is 14.8 Å². The van der Waals surface area contributed by atoms with Crippen molar-refractivity contribution in [2.75, 3.05) is 7.11 Å². The van der Waals surface area contributed by atoms with Gasteiger partial charge in [-0.15, -0.1) is 0 Å². The number of hydrogen-bond acceptors (Lipinski definition) is 4. The van der Waals surface area contributed by atoms with E-state index in [1.165, 1.54) is 19.2 Å². The highest BCUT2D eigenvalue weighted by Gasteiger charge is 2.25. The van der Waals surface area contributed by atoms with Crippen LogP contribution in [-0.4, -0.2) is 30.8 Å². The number of halogens is 2. The molecular weight excluding hydrogens is 313 g/mol. The molecule has 0 aliphatic carbocycles. The standard InChI is InChI=1S/C15H19ClFNO4/c1-15(2,3)22-14(20)18-12(13(19)21-4)8-9-5-6-10(16)11(17)7-9/h5-7,12H,8H2,1-4H3,(H,18,20)/t12-/m1/s1. The summed E-state index contributed by atoms with van der Waals surface area (Å²) >= 11 is 5.61. The highest BCUT2D eigenvalue weighted by Crippen LogP contribution is 2.17. The van der Waals surface area contributed by atoms with Crippen LogP contribution in [0.4, 0.5) is 9.18 Å². The van der Waals surface area contributed by atoms with Crippen LogP contribution in [0.2, 0.25) is 5.02 Å². The normalized spacial score (nSPS) is 12.5. The number of carbonyl (C=O) groups excluding carboxylic acids is 2. The average Bonchev–Trinajstić information content (AvgIpc) is 2.39. The fraction of sp³-hybridized carbons (Fsp3) is 0.467. The van der Waals surface area contributed by atoms with E-state index < -0.39 is 29.5 Å². The molecule has 1 rings (SSSR count). The van der Waals surface area contributed by atoms with Crippen LogP contribution in [0.5, 0.6) is 0 Å². The summed E-state index contributed by atoms with van der Waals surface area (Å²) in [5, 5.41) is 2.40. The van der Waals surface area contributed by atoms with Crippen molar-refractivity contribution in [1.29, 1.82) is 0 Å². The number of amides is 1. The molecule has 0 bridgehead atoms. The molecule has 1 atom stereocenters. The minimum atomic E-state index is -0.986. The quantitative estimate of drug-likeness (QED) is 0.861. The van der Waals surface area contributed by atoms with Gasteiger partial charge in [0, 0.05) is 6.42 Å². The smallest absolute Gasteiger partial charge is 0.408 e. The molecule has 0 saturated heterocycles. The second-order valence-corrected chi connectivity index (χ2v) is 6.08. The zero-order valence-electron chi connectivity index (χ0n) is 12.9. The maximum atomic E-state index is 13.4. The van der Waals surface area contributed by atoms with E-state index in [0.717, 1.165) is 0 Å². The second-order valence-electron chi connectivity index (χ2n) is 5.67. The van der Waals surface area contributed by atoms with Crippen molar-refractivity contribution in [1.82, 2.24) is 5.32 Å². The van der Waals surface area contributed by atoms with Crippen LogP contribution in [0.3, 0.4) is 0 Å². The van der Waals surface area contributed by atoms with E-state index in [0.29, 0.717) is 5.56 Å². The van der Waals surface area contributed by atoms with Crippen molar-refractivity contribution in [3.8, 4) is 0 Å². The van der Waals surface area contributed by atoms with Gasteiger partial charge in [-0.1, -0.05) is 17.7 Å². The molecule has 122 valence electrons. The monoisotopic (exact) mass is 331 g/mol. The molecule has 5 nitrogen and oxygen atoms in total. The summed E-state index contributed by atoms with van der Waals surface area (Å²) in [5.74, 6) is -1.25. The fourth-order valence-corrected chi connectivity index (χ4v) is 1.81. The van der Waals surface area contributed by atoms with E-state index in [9.17, 15) is 14.0 Å². The van der Waals surface area contributed by atoms with E-state index >= 15 is 0 Å². The summed E-state index contributed by atoms with van der Waals surface area (Å²) in [7, 11) is 1.20. The third-order valence-electron chi connectivity index (χ3n) is 2.60. The van der Waals surface area contributed by atoms with Gasteiger partial charge in [0.05, 0.1) is 12.1 Å². The van der Waals surface area contributed by atoms with Gasteiger partial charge >= 0.3 is 12.1 Å². The first kappa shape index (κ1) is 18.2.